The third kappa shape index (κ3) is 3.96. The molecule has 0 N–H and O–H groups in total. The van der Waals surface area contributed by atoms with Crippen LogP contribution >= 0.6 is 0 Å². The summed E-state index contributed by atoms with van der Waals surface area (Å²) in [6.45, 7) is 3.38. The SMILES string of the molecule is CN1CCN(C(=O)CN2CCCCCC2=O)C(c2ccccc2)C1. The maximum atomic E-state index is 12.9. The molecule has 0 spiro atoms. The molecule has 0 saturated carbocycles. The van der Waals surface area contributed by atoms with E-state index in [0.717, 1.165) is 38.9 Å². The van der Waals surface area contributed by atoms with Crippen LogP contribution in [0.15, 0.2) is 30.3 Å². The number of hydrogen-bond acceptors (Lipinski definition) is 3. The van der Waals surface area contributed by atoms with Crippen LogP contribution in [0.3, 0.4) is 0 Å². The van der Waals surface area contributed by atoms with Crippen molar-refractivity contribution < 1.29 is 9.59 Å². The maximum absolute atomic E-state index is 12.9. The van der Waals surface area contributed by atoms with Gasteiger partial charge in [0.2, 0.25) is 11.8 Å². The maximum Gasteiger partial charge on any atom is 0.242 e. The molecule has 24 heavy (non-hydrogen) atoms. The van der Waals surface area contributed by atoms with E-state index in [-0.39, 0.29) is 24.4 Å². The molecule has 2 amide bonds. The number of likely N-dealkylation sites (N-methyl/N-ethyl adjacent to an activating group) is 1. The van der Waals surface area contributed by atoms with Crippen molar-refractivity contribution in [2.24, 2.45) is 0 Å². The Morgan fingerprint density at radius 3 is 2.67 bits per heavy atom. The zero-order chi connectivity index (χ0) is 16.9. The Kier molecular flexibility index (Phi) is 5.51. The molecule has 1 aromatic carbocycles. The van der Waals surface area contributed by atoms with Crippen LogP contribution in [-0.2, 0) is 9.59 Å². The van der Waals surface area contributed by atoms with Gasteiger partial charge in [-0.05, 0) is 25.5 Å². The zero-order valence-electron chi connectivity index (χ0n) is 14.5. The molecular formula is C19H27N3O2. The summed E-state index contributed by atoms with van der Waals surface area (Å²) < 4.78 is 0. The summed E-state index contributed by atoms with van der Waals surface area (Å²) >= 11 is 0. The van der Waals surface area contributed by atoms with Crippen molar-refractivity contribution in [1.82, 2.24) is 14.7 Å². The lowest BCUT2D eigenvalue weighted by atomic mass is 10.0. The van der Waals surface area contributed by atoms with Gasteiger partial charge in [-0.15, -0.1) is 0 Å². The van der Waals surface area contributed by atoms with Gasteiger partial charge in [-0.1, -0.05) is 36.8 Å². The fourth-order valence-electron chi connectivity index (χ4n) is 3.64. The number of carbonyl (C=O) groups excluding carboxylic acids is 2. The van der Waals surface area contributed by atoms with Crippen molar-refractivity contribution in [3.05, 3.63) is 35.9 Å². The highest BCUT2D eigenvalue weighted by molar-refractivity contribution is 5.85. The van der Waals surface area contributed by atoms with E-state index in [1.807, 2.05) is 23.1 Å². The normalized spacial score (nSPS) is 23.2. The van der Waals surface area contributed by atoms with Crippen LogP contribution in [-0.4, -0.2) is 66.3 Å². The highest BCUT2D eigenvalue weighted by atomic mass is 16.2. The molecule has 2 heterocycles. The molecule has 5 nitrogen and oxygen atoms in total. The second kappa shape index (κ2) is 7.79. The number of rotatable bonds is 3. The van der Waals surface area contributed by atoms with Gasteiger partial charge in [-0.3, -0.25) is 9.59 Å². The predicted molar refractivity (Wildman–Crippen MR) is 93.4 cm³/mol. The van der Waals surface area contributed by atoms with E-state index < -0.39 is 0 Å². The monoisotopic (exact) mass is 329 g/mol. The number of hydrogen-bond donors (Lipinski definition) is 0. The topological polar surface area (TPSA) is 43.9 Å². The molecule has 5 heteroatoms. The Balaban J connectivity index is 1.72. The summed E-state index contributed by atoms with van der Waals surface area (Å²) in [5.74, 6) is 0.207. The molecule has 2 saturated heterocycles. The fraction of sp³-hybridized carbons (Fsp3) is 0.579. The van der Waals surface area contributed by atoms with Crippen LogP contribution in [0, 0.1) is 0 Å². The third-order valence-electron chi connectivity index (χ3n) is 5.09. The highest BCUT2D eigenvalue weighted by Gasteiger charge is 2.31. The molecule has 1 unspecified atom stereocenters. The minimum atomic E-state index is 0.0690. The van der Waals surface area contributed by atoms with Gasteiger partial charge in [0.15, 0.2) is 0 Å². The standard InChI is InChI=1S/C19H27N3O2/c1-20-12-13-22(17(14-20)16-8-4-2-5-9-16)19(24)15-21-11-7-3-6-10-18(21)23/h2,4-5,8-9,17H,3,6-7,10-15H2,1H3. The molecule has 1 atom stereocenters. The largest absolute Gasteiger partial charge is 0.333 e. The van der Waals surface area contributed by atoms with E-state index in [1.165, 1.54) is 5.56 Å². The number of carbonyl (C=O) groups is 2. The van der Waals surface area contributed by atoms with Gasteiger partial charge >= 0.3 is 0 Å². The molecule has 1 aromatic rings. The molecule has 0 aromatic heterocycles. The molecule has 0 bridgehead atoms. The molecule has 2 fully saturated rings. The highest BCUT2D eigenvalue weighted by Crippen LogP contribution is 2.25. The summed E-state index contributed by atoms with van der Waals surface area (Å²) in [5.41, 5.74) is 1.17. The van der Waals surface area contributed by atoms with E-state index in [0.29, 0.717) is 13.0 Å². The summed E-state index contributed by atoms with van der Waals surface area (Å²) in [6, 6.07) is 10.3. The first-order chi connectivity index (χ1) is 11.6. The van der Waals surface area contributed by atoms with Crippen LogP contribution in [0.4, 0.5) is 0 Å². The van der Waals surface area contributed by atoms with Crippen molar-refractivity contribution in [1.29, 1.82) is 0 Å². The Bertz CT molecular complexity index is 575. The first-order valence-electron chi connectivity index (χ1n) is 8.96. The number of amides is 2. The fourth-order valence-corrected chi connectivity index (χ4v) is 3.64. The Morgan fingerprint density at radius 2 is 1.88 bits per heavy atom. The number of nitrogens with zero attached hydrogens (tertiary/aromatic N) is 3. The summed E-state index contributed by atoms with van der Waals surface area (Å²) in [5, 5.41) is 0. The van der Waals surface area contributed by atoms with E-state index in [1.54, 1.807) is 4.90 Å². The molecular weight excluding hydrogens is 302 g/mol. The van der Waals surface area contributed by atoms with Gasteiger partial charge in [0.1, 0.15) is 0 Å². The van der Waals surface area contributed by atoms with E-state index in [2.05, 4.69) is 24.1 Å². The smallest absolute Gasteiger partial charge is 0.242 e. The molecule has 0 radical (unpaired) electrons. The van der Waals surface area contributed by atoms with Gasteiger partial charge in [0.05, 0.1) is 12.6 Å². The second-order valence-electron chi connectivity index (χ2n) is 6.90. The first kappa shape index (κ1) is 17.0. The van der Waals surface area contributed by atoms with Crippen LogP contribution in [0.5, 0.6) is 0 Å². The predicted octanol–water partition coefficient (Wildman–Crippen LogP) is 1.90. The molecule has 130 valence electrons. The molecule has 2 aliphatic heterocycles. The quantitative estimate of drug-likeness (QED) is 0.851. The number of benzene rings is 1. The van der Waals surface area contributed by atoms with Crippen molar-refractivity contribution in [3.63, 3.8) is 0 Å². The number of likely N-dealkylation sites (tertiary alicyclic amines) is 1. The summed E-state index contributed by atoms with van der Waals surface area (Å²) in [7, 11) is 2.09. The lowest BCUT2D eigenvalue weighted by Crippen LogP contribution is -2.52. The summed E-state index contributed by atoms with van der Waals surface area (Å²) in [4.78, 5) is 31.1. The lowest BCUT2D eigenvalue weighted by molar-refractivity contribution is -0.143. The number of piperazine rings is 1. The average molecular weight is 329 g/mol. The van der Waals surface area contributed by atoms with Gasteiger partial charge in [-0.25, -0.2) is 0 Å². The van der Waals surface area contributed by atoms with Gasteiger partial charge in [0, 0.05) is 32.6 Å². The molecule has 0 aliphatic carbocycles. The van der Waals surface area contributed by atoms with E-state index >= 15 is 0 Å². The minimum Gasteiger partial charge on any atom is -0.333 e. The molecule has 2 aliphatic rings. The molecule has 3 rings (SSSR count). The van der Waals surface area contributed by atoms with Crippen molar-refractivity contribution in [2.45, 2.75) is 31.7 Å². The van der Waals surface area contributed by atoms with E-state index in [9.17, 15) is 9.59 Å². The lowest BCUT2D eigenvalue weighted by Gasteiger charge is -2.41. The summed E-state index contributed by atoms with van der Waals surface area (Å²) in [6.07, 6.45) is 3.62. The van der Waals surface area contributed by atoms with Crippen LogP contribution in [0.2, 0.25) is 0 Å². The second-order valence-corrected chi connectivity index (χ2v) is 6.90. The van der Waals surface area contributed by atoms with Crippen LogP contribution < -0.4 is 0 Å². The Morgan fingerprint density at radius 1 is 1.08 bits per heavy atom. The van der Waals surface area contributed by atoms with Gasteiger partial charge in [-0.2, -0.15) is 0 Å². The Labute approximate surface area is 144 Å². The van der Waals surface area contributed by atoms with Crippen LogP contribution in [0.25, 0.3) is 0 Å². The van der Waals surface area contributed by atoms with Crippen molar-refractivity contribution in [2.75, 3.05) is 39.8 Å². The van der Waals surface area contributed by atoms with Gasteiger partial charge in [0.25, 0.3) is 0 Å². The van der Waals surface area contributed by atoms with Crippen molar-refractivity contribution in [3.8, 4) is 0 Å². The first-order valence-corrected chi connectivity index (χ1v) is 8.96. The van der Waals surface area contributed by atoms with Crippen LogP contribution in [0.1, 0.15) is 37.3 Å². The van der Waals surface area contributed by atoms with E-state index in [4.69, 9.17) is 0 Å². The zero-order valence-corrected chi connectivity index (χ0v) is 14.5. The Hall–Kier alpha value is -1.88. The average Bonchev–Trinajstić information content (AvgIpc) is 2.80. The minimum absolute atomic E-state index is 0.0690. The third-order valence-corrected chi connectivity index (χ3v) is 5.09. The van der Waals surface area contributed by atoms with Crippen molar-refractivity contribution >= 4 is 11.8 Å². The van der Waals surface area contributed by atoms with Gasteiger partial charge < -0.3 is 14.7 Å².